The average Bonchev–Trinajstić information content (AvgIpc) is 3.01. The Morgan fingerprint density at radius 2 is 2.10 bits per heavy atom. The number of carboxylic acid groups (broad SMARTS) is 1. The van der Waals surface area contributed by atoms with Crippen LogP contribution in [0, 0.1) is 13.8 Å². The van der Waals surface area contributed by atoms with Gasteiger partial charge in [-0.05, 0) is 48.6 Å². The second kappa shape index (κ2) is 5.33. The van der Waals surface area contributed by atoms with Gasteiger partial charge in [0.2, 0.25) is 0 Å². The van der Waals surface area contributed by atoms with Gasteiger partial charge in [-0.3, -0.25) is 4.79 Å². The number of carboxylic acids is 1. The smallest absolute Gasteiger partial charge is 0.323 e. The molecule has 0 saturated carbocycles. The van der Waals surface area contributed by atoms with Crippen molar-refractivity contribution in [3.63, 3.8) is 0 Å². The van der Waals surface area contributed by atoms with Crippen molar-refractivity contribution in [3.05, 3.63) is 51.5 Å². The van der Waals surface area contributed by atoms with E-state index in [2.05, 4.69) is 4.98 Å². The predicted molar refractivity (Wildman–Crippen MR) is 84.0 cm³/mol. The van der Waals surface area contributed by atoms with Gasteiger partial charge in [-0.1, -0.05) is 6.07 Å². The molecule has 3 aromatic rings. The molecule has 0 bridgehead atoms. The van der Waals surface area contributed by atoms with Crippen LogP contribution in [0.2, 0.25) is 0 Å². The van der Waals surface area contributed by atoms with E-state index in [0.717, 1.165) is 22.4 Å². The molecule has 0 amide bonds. The van der Waals surface area contributed by atoms with Crippen LogP contribution in [0.15, 0.2) is 29.6 Å². The molecule has 0 atom stereocenters. The number of carbonyl (C=O) groups is 1. The summed E-state index contributed by atoms with van der Waals surface area (Å²) in [6, 6.07) is 8.10. The molecule has 0 aliphatic rings. The number of thiophene rings is 1. The van der Waals surface area contributed by atoms with Crippen LogP contribution in [0.1, 0.15) is 21.8 Å². The average molecular weight is 300 g/mol. The number of imidazole rings is 1. The quantitative estimate of drug-likeness (QED) is 0.803. The fourth-order valence-corrected chi connectivity index (χ4v) is 3.15. The number of hydrogen-bond donors (Lipinski definition) is 1. The third-order valence-corrected chi connectivity index (χ3v) is 4.52. The third-order valence-electron chi connectivity index (χ3n) is 3.65. The van der Waals surface area contributed by atoms with E-state index in [9.17, 15) is 9.90 Å². The van der Waals surface area contributed by atoms with Crippen molar-refractivity contribution in [2.45, 2.75) is 26.8 Å². The van der Waals surface area contributed by atoms with Crippen LogP contribution in [-0.2, 0) is 17.8 Å². The Kier molecular flexibility index (Phi) is 3.51. The highest BCUT2D eigenvalue weighted by molar-refractivity contribution is 7.09. The molecule has 0 unspecified atom stereocenters. The third kappa shape index (κ3) is 2.69. The summed E-state index contributed by atoms with van der Waals surface area (Å²) in [5, 5.41) is 11.2. The first-order valence-electron chi connectivity index (χ1n) is 6.75. The van der Waals surface area contributed by atoms with Crippen LogP contribution in [0.4, 0.5) is 0 Å². The van der Waals surface area contributed by atoms with Crippen LogP contribution in [0.3, 0.4) is 0 Å². The lowest BCUT2D eigenvalue weighted by Gasteiger charge is -2.06. The molecule has 2 heterocycles. The topological polar surface area (TPSA) is 55.1 Å². The molecule has 21 heavy (non-hydrogen) atoms. The van der Waals surface area contributed by atoms with Crippen molar-refractivity contribution in [2.75, 3.05) is 0 Å². The lowest BCUT2D eigenvalue weighted by Crippen LogP contribution is -2.12. The summed E-state index contributed by atoms with van der Waals surface area (Å²) in [6.07, 6.45) is 0.664. The monoisotopic (exact) mass is 300 g/mol. The molecule has 5 heteroatoms. The molecule has 0 aliphatic heterocycles. The van der Waals surface area contributed by atoms with E-state index in [1.165, 1.54) is 10.4 Å². The number of nitrogens with zero attached hydrogens (tertiary/aromatic N) is 2. The Labute approximate surface area is 126 Å². The zero-order valence-electron chi connectivity index (χ0n) is 12.0. The number of aryl methyl sites for hydroxylation is 2. The standard InChI is InChI=1S/C16H16N2O2S/c1-10-6-13-14(7-11(10)2)18(9-16(19)20)15(17-13)8-12-4-3-5-21-12/h3-7H,8-9H2,1-2H3,(H,19,20). The molecule has 108 valence electrons. The first-order valence-corrected chi connectivity index (χ1v) is 7.63. The van der Waals surface area contributed by atoms with Gasteiger partial charge in [0.1, 0.15) is 12.4 Å². The van der Waals surface area contributed by atoms with Gasteiger partial charge in [0.05, 0.1) is 11.0 Å². The minimum atomic E-state index is -0.847. The van der Waals surface area contributed by atoms with Crippen LogP contribution in [0.5, 0.6) is 0 Å². The number of aliphatic carboxylic acids is 1. The summed E-state index contributed by atoms with van der Waals surface area (Å²) in [7, 11) is 0. The van der Waals surface area contributed by atoms with Gasteiger partial charge >= 0.3 is 5.97 Å². The summed E-state index contributed by atoms with van der Waals surface area (Å²) in [4.78, 5) is 17.0. The first kappa shape index (κ1) is 13.8. The van der Waals surface area contributed by atoms with Crippen molar-refractivity contribution < 1.29 is 9.90 Å². The van der Waals surface area contributed by atoms with Crippen LogP contribution in [-0.4, -0.2) is 20.6 Å². The SMILES string of the molecule is Cc1cc2nc(Cc3cccs3)n(CC(=O)O)c2cc1C. The second-order valence-corrected chi connectivity index (χ2v) is 6.22. The number of rotatable bonds is 4. The maximum atomic E-state index is 11.2. The van der Waals surface area contributed by atoms with E-state index < -0.39 is 5.97 Å². The Morgan fingerprint density at radius 3 is 2.76 bits per heavy atom. The molecule has 1 aromatic carbocycles. The van der Waals surface area contributed by atoms with Gasteiger partial charge in [0.15, 0.2) is 0 Å². The molecule has 0 spiro atoms. The zero-order valence-corrected chi connectivity index (χ0v) is 12.8. The molecule has 0 radical (unpaired) electrons. The lowest BCUT2D eigenvalue weighted by atomic mass is 10.1. The van der Waals surface area contributed by atoms with Gasteiger partial charge in [-0.25, -0.2) is 4.98 Å². The number of aromatic nitrogens is 2. The van der Waals surface area contributed by atoms with Crippen molar-refractivity contribution in [1.82, 2.24) is 9.55 Å². The molecule has 2 aromatic heterocycles. The van der Waals surface area contributed by atoms with Crippen LogP contribution >= 0.6 is 11.3 Å². The highest BCUT2D eigenvalue weighted by Crippen LogP contribution is 2.23. The number of benzene rings is 1. The predicted octanol–water partition coefficient (Wildman–Crippen LogP) is 3.39. The molecular weight excluding hydrogens is 284 g/mol. The van der Waals surface area contributed by atoms with Gasteiger partial charge in [0, 0.05) is 11.3 Å². The van der Waals surface area contributed by atoms with E-state index in [4.69, 9.17) is 0 Å². The maximum absolute atomic E-state index is 11.2. The van der Waals surface area contributed by atoms with Crippen LogP contribution in [0.25, 0.3) is 11.0 Å². The van der Waals surface area contributed by atoms with Crippen molar-refractivity contribution in [1.29, 1.82) is 0 Å². The highest BCUT2D eigenvalue weighted by Gasteiger charge is 2.15. The minimum Gasteiger partial charge on any atom is -0.480 e. The van der Waals surface area contributed by atoms with Gasteiger partial charge in [-0.2, -0.15) is 0 Å². The van der Waals surface area contributed by atoms with Gasteiger partial charge in [-0.15, -0.1) is 11.3 Å². The Morgan fingerprint density at radius 1 is 1.33 bits per heavy atom. The van der Waals surface area contributed by atoms with Crippen molar-refractivity contribution in [3.8, 4) is 0 Å². The molecule has 0 fully saturated rings. The Balaban J connectivity index is 2.15. The molecule has 3 rings (SSSR count). The van der Waals surface area contributed by atoms with Crippen LogP contribution < -0.4 is 0 Å². The molecule has 4 nitrogen and oxygen atoms in total. The van der Waals surface area contributed by atoms with E-state index in [1.54, 1.807) is 11.3 Å². The first-order chi connectivity index (χ1) is 10.0. The summed E-state index contributed by atoms with van der Waals surface area (Å²) in [6.45, 7) is 4.02. The minimum absolute atomic E-state index is 0.0558. The van der Waals surface area contributed by atoms with E-state index in [1.807, 2.05) is 48.1 Å². The normalized spacial score (nSPS) is 11.1. The number of fused-ring (bicyclic) bond motifs is 1. The summed E-state index contributed by atoms with van der Waals surface area (Å²) in [5.41, 5.74) is 4.08. The molecule has 0 saturated heterocycles. The van der Waals surface area contributed by atoms with Gasteiger partial charge < -0.3 is 9.67 Å². The Bertz CT molecular complexity index is 803. The molecule has 0 aliphatic carbocycles. The summed E-state index contributed by atoms with van der Waals surface area (Å²) >= 11 is 1.66. The van der Waals surface area contributed by atoms with Crippen molar-refractivity contribution in [2.24, 2.45) is 0 Å². The van der Waals surface area contributed by atoms with E-state index in [-0.39, 0.29) is 6.54 Å². The fraction of sp³-hybridized carbons (Fsp3) is 0.250. The summed E-state index contributed by atoms with van der Waals surface area (Å²) < 4.78 is 1.81. The van der Waals surface area contributed by atoms with E-state index >= 15 is 0 Å². The summed E-state index contributed by atoms with van der Waals surface area (Å²) in [5.74, 6) is -0.0418. The molecular formula is C16H16N2O2S. The maximum Gasteiger partial charge on any atom is 0.323 e. The van der Waals surface area contributed by atoms with Crippen molar-refractivity contribution >= 4 is 28.3 Å². The molecule has 1 N–H and O–H groups in total. The fourth-order valence-electron chi connectivity index (χ4n) is 2.45. The number of hydrogen-bond acceptors (Lipinski definition) is 3. The zero-order chi connectivity index (χ0) is 15.0. The second-order valence-electron chi connectivity index (χ2n) is 5.19. The largest absolute Gasteiger partial charge is 0.480 e. The van der Waals surface area contributed by atoms with E-state index in [0.29, 0.717) is 6.42 Å². The lowest BCUT2D eigenvalue weighted by molar-refractivity contribution is -0.137. The van der Waals surface area contributed by atoms with Gasteiger partial charge in [0.25, 0.3) is 0 Å². The highest BCUT2D eigenvalue weighted by atomic mass is 32.1. The Hall–Kier alpha value is -2.14.